The summed E-state index contributed by atoms with van der Waals surface area (Å²) >= 11 is 0. The van der Waals surface area contributed by atoms with Gasteiger partial charge < -0.3 is 10.6 Å². The number of anilines is 1. The molecule has 0 unspecified atom stereocenters. The first kappa shape index (κ1) is 15.3. The number of rotatable bonds is 3. The lowest BCUT2D eigenvalue weighted by Gasteiger charge is -2.00. The van der Waals surface area contributed by atoms with E-state index in [1.54, 1.807) is 31.3 Å². The summed E-state index contributed by atoms with van der Waals surface area (Å²) in [6, 6.07) is 7.12. The lowest BCUT2D eigenvalue weighted by Crippen LogP contribution is -2.23. The van der Waals surface area contributed by atoms with Crippen molar-refractivity contribution in [2.75, 3.05) is 11.9 Å². The van der Waals surface area contributed by atoms with E-state index in [0.29, 0.717) is 5.69 Å². The zero-order chi connectivity index (χ0) is 15.9. The molecular formula is C15H15N5O2. The fourth-order valence-electron chi connectivity index (χ4n) is 1.65. The maximum Gasteiger partial charge on any atom is 0.274 e. The molecule has 2 amide bonds. The zero-order valence-corrected chi connectivity index (χ0v) is 12.3. The summed E-state index contributed by atoms with van der Waals surface area (Å²) < 4.78 is 1.46. The number of nitrogens with one attached hydrogen (secondary N) is 2. The van der Waals surface area contributed by atoms with Gasteiger partial charge in [-0.2, -0.15) is 0 Å². The van der Waals surface area contributed by atoms with Crippen LogP contribution in [0.5, 0.6) is 0 Å². The second kappa shape index (κ2) is 7.04. The van der Waals surface area contributed by atoms with E-state index in [1.807, 2.05) is 0 Å². The van der Waals surface area contributed by atoms with Crippen LogP contribution in [0.1, 0.15) is 23.0 Å². The van der Waals surface area contributed by atoms with E-state index >= 15 is 0 Å². The summed E-state index contributed by atoms with van der Waals surface area (Å²) in [5.41, 5.74) is 1.76. The van der Waals surface area contributed by atoms with E-state index in [0.717, 1.165) is 5.56 Å². The molecule has 112 valence electrons. The van der Waals surface area contributed by atoms with E-state index in [-0.39, 0.29) is 24.1 Å². The van der Waals surface area contributed by atoms with E-state index in [4.69, 9.17) is 0 Å². The molecule has 1 heterocycles. The van der Waals surface area contributed by atoms with Crippen LogP contribution in [0.15, 0.2) is 30.5 Å². The predicted octanol–water partition coefficient (Wildman–Crippen LogP) is 0.555. The van der Waals surface area contributed by atoms with Crippen LogP contribution in [-0.2, 0) is 11.8 Å². The lowest BCUT2D eigenvalue weighted by atomic mass is 10.2. The highest BCUT2D eigenvalue weighted by molar-refractivity contribution is 5.92. The minimum absolute atomic E-state index is 0.120. The van der Waals surface area contributed by atoms with Crippen molar-refractivity contribution in [2.45, 2.75) is 6.92 Å². The fraction of sp³-hybridized carbons (Fsp3) is 0.200. The van der Waals surface area contributed by atoms with E-state index < -0.39 is 0 Å². The third-order valence-corrected chi connectivity index (χ3v) is 2.61. The third-order valence-electron chi connectivity index (χ3n) is 2.61. The molecule has 7 heteroatoms. The van der Waals surface area contributed by atoms with Crippen LogP contribution >= 0.6 is 0 Å². The molecule has 2 rings (SSSR count). The standard InChI is InChI=1S/C15H15N5O2/c1-11(21)17-13-7-5-12(6-8-13)4-3-9-16-15(22)14-10-20(2)19-18-14/h5-8,10H,9H2,1-2H3,(H,16,22)(H,17,21). The van der Waals surface area contributed by atoms with Gasteiger partial charge in [0.15, 0.2) is 5.69 Å². The first-order chi connectivity index (χ1) is 10.5. The second-order valence-electron chi connectivity index (χ2n) is 4.52. The lowest BCUT2D eigenvalue weighted by molar-refractivity contribution is -0.114. The minimum Gasteiger partial charge on any atom is -0.340 e. The molecule has 0 aliphatic heterocycles. The quantitative estimate of drug-likeness (QED) is 0.810. The summed E-state index contributed by atoms with van der Waals surface area (Å²) in [7, 11) is 1.69. The van der Waals surface area contributed by atoms with Gasteiger partial charge in [0.25, 0.3) is 5.91 Å². The maximum atomic E-state index is 11.7. The Morgan fingerprint density at radius 1 is 1.27 bits per heavy atom. The molecule has 0 saturated carbocycles. The van der Waals surface area contributed by atoms with Gasteiger partial charge in [0, 0.05) is 25.2 Å². The Morgan fingerprint density at radius 2 is 2.00 bits per heavy atom. The highest BCUT2D eigenvalue weighted by Crippen LogP contribution is 2.08. The fourth-order valence-corrected chi connectivity index (χ4v) is 1.65. The number of aryl methyl sites for hydroxylation is 1. The van der Waals surface area contributed by atoms with Crippen molar-refractivity contribution in [3.63, 3.8) is 0 Å². The van der Waals surface area contributed by atoms with Gasteiger partial charge in [-0.15, -0.1) is 5.10 Å². The molecule has 0 spiro atoms. The molecule has 0 aliphatic carbocycles. The molecule has 2 aromatic rings. The first-order valence-electron chi connectivity index (χ1n) is 6.55. The second-order valence-corrected chi connectivity index (χ2v) is 4.52. The molecule has 0 bridgehead atoms. The molecule has 1 aromatic heterocycles. The summed E-state index contributed by atoms with van der Waals surface area (Å²) in [6.07, 6.45) is 1.53. The Kier molecular flexibility index (Phi) is 4.88. The van der Waals surface area contributed by atoms with Crippen molar-refractivity contribution in [1.82, 2.24) is 20.3 Å². The largest absolute Gasteiger partial charge is 0.340 e. The Balaban J connectivity index is 1.86. The highest BCUT2D eigenvalue weighted by atomic mass is 16.2. The summed E-state index contributed by atoms with van der Waals surface area (Å²) in [4.78, 5) is 22.6. The average molecular weight is 297 g/mol. The van der Waals surface area contributed by atoms with Crippen molar-refractivity contribution < 1.29 is 9.59 Å². The topological polar surface area (TPSA) is 88.9 Å². The molecule has 2 N–H and O–H groups in total. The summed E-state index contributed by atoms with van der Waals surface area (Å²) in [5, 5.41) is 12.7. The summed E-state index contributed by atoms with van der Waals surface area (Å²) in [5.74, 6) is 5.33. The predicted molar refractivity (Wildman–Crippen MR) is 81.0 cm³/mol. The SMILES string of the molecule is CC(=O)Nc1ccc(C#CCNC(=O)c2cn(C)nn2)cc1. The number of hydrogen-bond acceptors (Lipinski definition) is 4. The molecule has 1 aromatic carbocycles. The van der Waals surface area contributed by atoms with E-state index in [2.05, 4.69) is 32.8 Å². The van der Waals surface area contributed by atoms with Crippen molar-refractivity contribution in [3.8, 4) is 11.8 Å². The number of carbonyl (C=O) groups is 2. The van der Waals surface area contributed by atoms with Gasteiger partial charge in [0.05, 0.1) is 12.7 Å². The molecule has 0 saturated heterocycles. The molecule has 7 nitrogen and oxygen atoms in total. The van der Waals surface area contributed by atoms with Crippen LogP contribution in [0.2, 0.25) is 0 Å². The number of nitrogens with zero attached hydrogens (tertiary/aromatic N) is 3. The first-order valence-corrected chi connectivity index (χ1v) is 6.55. The molecule has 22 heavy (non-hydrogen) atoms. The van der Waals surface area contributed by atoms with Crippen LogP contribution in [-0.4, -0.2) is 33.4 Å². The number of amides is 2. The maximum absolute atomic E-state index is 11.7. The Labute approximate surface area is 127 Å². The molecule has 0 fully saturated rings. The van der Waals surface area contributed by atoms with Crippen molar-refractivity contribution in [3.05, 3.63) is 41.7 Å². The third kappa shape index (κ3) is 4.45. The highest BCUT2D eigenvalue weighted by Gasteiger charge is 2.07. The molecule has 0 atom stereocenters. The van der Waals surface area contributed by atoms with Gasteiger partial charge in [-0.05, 0) is 24.3 Å². The average Bonchev–Trinajstić information content (AvgIpc) is 2.91. The summed E-state index contributed by atoms with van der Waals surface area (Å²) in [6.45, 7) is 1.66. The van der Waals surface area contributed by atoms with Gasteiger partial charge in [-0.3, -0.25) is 14.3 Å². The number of aromatic nitrogens is 3. The van der Waals surface area contributed by atoms with Crippen molar-refractivity contribution in [1.29, 1.82) is 0 Å². The number of hydrogen-bond donors (Lipinski definition) is 2. The Hall–Kier alpha value is -3.14. The molecule has 0 aliphatic rings. The number of benzene rings is 1. The van der Waals surface area contributed by atoms with Crippen LogP contribution in [0.25, 0.3) is 0 Å². The molecule has 0 radical (unpaired) electrons. The van der Waals surface area contributed by atoms with Crippen LogP contribution < -0.4 is 10.6 Å². The van der Waals surface area contributed by atoms with Gasteiger partial charge >= 0.3 is 0 Å². The number of carbonyl (C=O) groups excluding carboxylic acids is 2. The minimum atomic E-state index is -0.316. The van der Waals surface area contributed by atoms with Crippen LogP contribution in [0.4, 0.5) is 5.69 Å². The van der Waals surface area contributed by atoms with Crippen LogP contribution in [0, 0.1) is 11.8 Å². The monoisotopic (exact) mass is 297 g/mol. The van der Waals surface area contributed by atoms with E-state index in [1.165, 1.54) is 17.8 Å². The van der Waals surface area contributed by atoms with Crippen LogP contribution in [0.3, 0.4) is 0 Å². The Bertz CT molecular complexity index is 737. The normalized spacial score (nSPS) is 9.55. The van der Waals surface area contributed by atoms with E-state index in [9.17, 15) is 9.59 Å². The van der Waals surface area contributed by atoms with Gasteiger partial charge in [-0.25, -0.2) is 0 Å². The van der Waals surface area contributed by atoms with Gasteiger partial charge in [0.1, 0.15) is 0 Å². The zero-order valence-electron chi connectivity index (χ0n) is 12.3. The van der Waals surface area contributed by atoms with Gasteiger partial charge in [0.2, 0.25) is 5.91 Å². The smallest absolute Gasteiger partial charge is 0.274 e. The molecular weight excluding hydrogens is 282 g/mol. The van der Waals surface area contributed by atoms with Crippen molar-refractivity contribution >= 4 is 17.5 Å². The van der Waals surface area contributed by atoms with Crippen molar-refractivity contribution in [2.24, 2.45) is 7.05 Å². The Morgan fingerprint density at radius 3 is 2.59 bits per heavy atom. The van der Waals surface area contributed by atoms with Gasteiger partial charge in [-0.1, -0.05) is 17.1 Å².